The van der Waals surface area contributed by atoms with Crippen LogP contribution in [0.5, 0.6) is 0 Å². The van der Waals surface area contributed by atoms with Crippen LogP contribution in [0.25, 0.3) is 0 Å². The first kappa shape index (κ1) is 14.7. The van der Waals surface area contributed by atoms with Gasteiger partial charge in [-0.25, -0.2) is 4.39 Å². The molecular formula is C16H20FNO2. The largest absolute Gasteiger partial charge is 0.348 e. The van der Waals surface area contributed by atoms with E-state index in [1.807, 2.05) is 6.92 Å². The molecular weight excluding hydrogens is 257 g/mol. The van der Waals surface area contributed by atoms with Crippen LogP contribution in [0.2, 0.25) is 0 Å². The number of carbonyl (C=O) groups is 2. The predicted octanol–water partition coefficient (Wildman–Crippen LogP) is 2.95. The lowest BCUT2D eigenvalue weighted by Gasteiger charge is -2.17. The van der Waals surface area contributed by atoms with E-state index in [1.165, 1.54) is 37.1 Å². The van der Waals surface area contributed by atoms with Crippen LogP contribution in [0.15, 0.2) is 24.3 Å². The van der Waals surface area contributed by atoms with Gasteiger partial charge in [-0.15, -0.1) is 0 Å². The summed E-state index contributed by atoms with van der Waals surface area (Å²) < 4.78 is 12.8. The van der Waals surface area contributed by atoms with E-state index in [1.54, 1.807) is 0 Å². The smallest absolute Gasteiger partial charge is 0.223 e. The zero-order valence-electron chi connectivity index (χ0n) is 11.7. The van der Waals surface area contributed by atoms with E-state index in [9.17, 15) is 14.0 Å². The fraction of sp³-hybridized carbons (Fsp3) is 0.500. The number of rotatable bonds is 5. The normalized spacial score (nSPS) is 16.9. The van der Waals surface area contributed by atoms with Crippen molar-refractivity contribution in [3.05, 3.63) is 35.6 Å². The van der Waals surface area contributed by atoms with Crippen molar-refractivity contribution in [2.75, 3.05) is 6.54 Å². The molecule has 1 N–H and O–H groups in total. The molecule has 1 saturated carbocycles. The molecule has 1 aromatic rings. The van der Waals surface area contributed by atoms with Crippen molar-refractivity contribution in [3.8, 4) is 0 Å². The van der Waals surface area contributed by atoms with E-state index < -0.39 is 0 Å². The Hall–Kier alpha value is -1.71. The van der Waals surface area contributed by atoms with Crippen LogP contribution in [0.4, 0.5) is 4.39 Å². The minimum atomic E-state index is -0.375. The van der Waals surface area contributed by atoms with Gasteiger partial charge in [-0.2, -0.15) is 0 Å². The van der Waals surface area contributed by atoms with Gasteiger partial charge in [0, 0.05) is 11.5 Å². The second kappa shape index (κ2) is 6.64. The predicted molar refractivity (Wildman–Crippen MR) is 74.9 cm³/mol. The monoisotopic (exact) mass is 277 g/mol. The topological polar surface area (TPSA) is 46.2 Å². The molecule has 1 unspecified atom stereocenters. The summed E-state index contributed by atoms with van der Waals surface area (Å²) >= 11 is 0. The molecule has 1 atom stereocenters. The van der Waals surface area contributed by atoms with E-state index in [2.05, 4.69) is 5.32 Å². The number of nitrogens with one attached hydrogen (secondary N) is 1. The van der Waals surface area contributed by atoms with Gasteiger partial charge in [0.25, 0.3) is 0 Å². The van der Waals surface area contributed by atoms with Crippen molar-refractivity contribution in [1.29, 1.82) is 0 Å². The van der Waals surface area contributed by atoms with Crippen molar-refractivity contribution < 1.29 is 14.0 Å². The molecule has 0 saturated heterocycles. The number of ketones is 1. The number of carbonyl (C=O) groups excluding carboxylic acids is 2. The molecule has 0 aromatic heterocycles. The molecule has 0 aliphatic heterocycles. The van der Waals surface area contributed by atoms with Gasteiger partial charge in [0.1, 0.15) is 5.82 Å². The Bertz CT molecular complexity index is 478. The van der Waals surface area contributed by atoms with Crippen LogP contribution < -0.4 is 5.32 Å². The molecule has 1 aromatic carbocycles. The summed E-state index contributed by atoms with van der Waals surface area (Å²) in [6.45, 7) is 1.90. The van der Waals surface area contributed by atoms with Crippen LogP contribution in [-0.4, -0.2) is 18.2 Å². The van der Waals surface area contributed by atoms with E-state index in [4.69, 9.17) is 0 Å². The van der Waals surface area contributed by atoms with Crippen molar-refractivity contribution in [3.63, 3.8) is 0 Å². The summed E-state index contributed by atoms with van der Waals surface area (Å²) in [6, 6.07) is 5.36. The van der Waals surface area contributed by atoms with Crippen LogP contribution in [-0.2, 0) is 4.79 Å². The average Bonchev–Trinajstić information content (AvgIpc) is 2.98. The first-order chi connectivity index (χ1) is 9.58. The standard InChI is InChI=1S/C16H20FNO2/c1-11(12-4-2-3-5-12)16(20)18-10-15(19)13-6-8-14(17)9-7-13/h6-9,11-12H,2-5,10H2,1H3,(H,18,20). The molecule has 1 aliphatic rings. The molecule has 0 radical (unpaired) electrons. The second-order valence-corrected chi connectivity index (χ2v) is 5.48. The average molecular weight is 277 g/mol. The molecule has 0 bridgehead atoms. The molecule has 108 valence electrons. The van der Waals surface area contributed by atoms with Gasteiger partial charge in [0.15, 0.2) is 5.78 Å². The third-order valence-electron chi connectivity index (χ3n) is 4.11. The van der Waals surface area contributed by atoms with Crippen LogP contribution in [0.1, 0.15) is 43.0 Å². The second-order valence-electron chi connectivity index (χ2n) is 5.48. The molecule has 3 nitrogen and oxygen atoms in total. The summed E-state index contributed by atoms with van der Waals surface area (Å²) in [7, 11) is 0. The highest BCUT2D eigenvalue weighted by molar-refractivity contribution is 5.99. The van der Waals surface area contributed by atoms with Gasteiger partial charge in [0.2, 0.25) is 5.91 Å². The maximum Gasteiger partial charge on any atom is 0.223 e. The number of halogens is 1. The van der Waals surface area contributed by atoms with E-state index in [0.29, 0.717) is 11.5 Å². The maximum absolute atomic E-state index is 12.8. The lowest BCUT2D eigenvalue weighted by atomic mass is 9.92. The summed E-state index contributed by atoms with van der Waals surface area (Å²) in [5, 5.41) is 2.69. The van der Waals surface area contributed by atoms with Gasteiger partial charge in [-0.3, -0.25) is 9.59 Å². The minimum Gasteiger partial charge on any atom is -0.348 e. The first-order valence-electron chi connectivity index (χ1n) is 7.14. The van der Waals surface area contributed by atoms with Gasteiger partial charge >= 0.3 is 0 Å². The molecule has 1 amide bonds. The van der Waals surface area contributed by atoms with Gasteiger partial charge in [-0.1, -0.05) is 19.8 Å². The summed E-state index contributed by atoms with van der Waals surface area (Å²) in [6.07, 6.45) is 4.58. The Balaban J connectivity index is 1.83. The Morgan fingerprint density at radius 1 is 1.25 bits per heavy atom. The maximum atomic E-state index is 12.8. The quantitative estimate of drug-likeness (QED) is 0.841. The van der Waals surface area contributed by atoms with Crippen molar-refractivity contribution >= 4 is 11.7 Å². The highest BCUT2D eigenvalue weighted by Crippen LogP contribution is 2.31. The Morgan fingerprint density at radius 3 is 2.45 bits per heavy atom. The van der Waals surface area contributed by atoms with E-state index in [-0.39, 0.29) is 30.0 Å². The van der Waals surface area contributed by atoms with Crippen molar-refractivity contribution in [1.82, 2.24) is 5.32 Å². The number of hydrogen-bond donors (Lipinski definition) is 1. The Labute approximate surface area is 118 Å². The minimum absolute atomic E-state index is 0.0263. The lowest BCUT2D eigenvalue weighted by molar-refractivity contribution is -0.125. The molecule has 0 heterocycles. The van der Waals surface area contributed by atoms with Gasteiger partial charge in [0.05, 0.1) is 6.54 Å². The number of benzene rings is 1. The number of hydrogen-bond acceptors (Lipinski definition) is 2. The molecule has 4 heteroatoms. The Kier molecular flexibility index (Phi) is 4.88. The summed E-state index contributed by atoms with van der Waals surface area (Å²) in [5.41, 5.74) is 0.417. The molecule has 2 rings (SSSR count). The summed E-state index contributed by atoms with van der Waals surface area (Å²) in [4.78, 5) is 23.9. The molecule has 1 fully saturated rings. The third-order valence-corrected chi connectivity index (χ3v) is 4.11. The lowest BCUT2D eigenvalue weighted by Crippen LogP contribution is -2.36. The Morgan fingerprint density at radius 2 is 1.85 bits per heavy atom. The van der Waals surface area contributed by atoms with Crippen LogP contribution in [0, 0.1) is 17.7 Å². The van der Waals surface area contributed by atoms with Crippen LogP contribution >= 0.6 is 0 Å². The summed E-state index contributed by atoms with van der Waals surface area (Å²) in [5.74, 6) is -0.237. The fourth-order valence-electron chi connectivity index (χ4n) is 2.74. The number of amides is 1. The highest BCUT2D eigenvalue weighted by Gasteiger charge is 2.26. The molecule has 20 heavy (non-hydrogen) atoms. The van der Waals surface area contributed by atoms with Crippen molar-refractivity contribution in [2.45, 2.75) is 32.6 Å². The zero-order valence-corrected chi connectivity index (χ0v) is 11.7. The van der Waals surface area contributed by atoms with E-state index in [0.717, 1.165) is 12.8 Å². The third kappa shape index (κ3) is 3.65. The zero-order chi connectivity index (χ0) is 14.5. The van der Waals surface area contributed by atoms with E-state index >= 15 is 0 Å². The van der Waals surface area contributed by atoms with Gasteiger partial charge in [-0.05, 0) is 43.0 Å². The highest BCUT2D eigenvalue weighted by atomic mass is 19.1. The van der Waals surface area contributed by atoms with Gasteiger partial charge < -0.3 is 5.32 Å². The SMILES string of the molecule is CC(C(=O)NCC(=O)c1ccc(F)cc1)C1CCCC1. The molecule has 1 aliphatic carbocycles. The molecule has 0 spiro atoms. The first-order valence-corrected chi connectivity index (χ1v) is 7.14. The van der Waals surface area contributed by atoms with Crippen molar-refractivity contribution in [2.24, 2.45) is 11.8 Å². The van der Waals surface area contributed by atoms with Crippen LogP contribution in [0.3, 0.4) is 0 Å². The number of Topliss-reactive ketones (excluding diaryl/α,β-unsaturated/α-hetero) is 1. The fourth-order valence-corrected chi connectivity index (χ4v) is 2.74.